The Morgan fingerprint density at radius 1 is 0.589 bits per heavy atom. The van der Waals surface area contributed by atoms with E-state index in [2.05, 4.69) is 27.7 Å². The highest BCUT2D eigenvalue weighted by atomic mass is 16.8. The van der Waals surface area contributed by atoms with Crippen LogP contribution in [-0.2, 0) is 52.2 Å². The molecule has 0 aromatic heterocycles. The van der Waals surface area contributed by atoms with Gasteiger partial charge in [0.05, 0.1) is 45.2 Å². The number of aliphatic hydroxyl groups excluding tert-OH is 12. The Hall–Kier alpha value is -1.21. The average Bonchev–Trinajstić information content (AvgIpc) is 3.83. The fraction of sp³-hybridized carbons (Fsp3) is 0.980. The third-order valence-corrected chi connectivity index (χ3v) is 19.9. The number of rotatable bonds is 11. The summed E-state index contributed by atoms with van der Waals surface area (Å²) in [5.41, 5.74) is -0.628. The highest BCUT2D eigenvalue weighted by Gasteiger charge is 2.72. The lowest BCUT2D eigenvalue weighted by molar-refractivity contribution is -0.404. The molecule has 0 bridgehead atoms. The lowest BCUT2D eigenvalue weighted by Gasteiger charge is -2.60. The Bertz CT molecular complexity index is 1910. The number of aliphatic hydroxyl groups is 12. The molecule has 12 N–H and O–H groups in total. The molecule has 0 radical (unpaired) electrons. The van der Waals surface area contributed by atoms with Crippen LogP contribution < -0.4 is 0 Å². The van der Waals surface area contributed by atoms with Gasteiger partial charge in [-0.3, -0.25) is 4.79 Å². The average molecular weight is 1050 g/mol. The lowest BCUT2D eigenvalue weighted by atomic mass is 9.44. The summed E-state index contributed by atoms with van der Waals surface area (Å²) < 4.78 is 61.1. The minimum Gasteiger partial charge on any atom is -0.394 e. The van der Waals surface area contributed by atoms with E-state index in [-0.39, 0.29) is 41.1 Å². The molecule has 6 heterocycles. The van der Waals surface area contributed by atoms with Crippen molar-refractivity contribution in [2.24, 2.45) is 52.3 Å². The van der Waals surface area contributed by atoms with Crippen molar-refractivity contribution in [3.05, 3.63) is 0 Å². The zero-order valence-electron chi connectivity index (χ0n) is 41.9. The first kappa shape index (κ1) is 55.1. The van der Waals surface area contributed by atoms with E-state index in [4.69, 9.17) is 47.4 Å². The van der Waals surface area contributed by atoms with Crippen LogP contribution in [-0.4, -0.2) is 235 Å². The van der Waals surface area contributed by atoms with Gasteiger partial charge in [0.15, 0.2) is 30.9 Å². The van der Waals surface area contributed by atoms with Gasteiger partial charge in [-0.25, -0.2) is 0 Å². The van der Waals surface area contributed by atoms with Gasteiger partial charge < -0.3 is 109 Å². The monoisotopic (exact) mass is 1050 g/mol. The molecule has 6 aliphatic heterocycles. The summed E-state index contributed by atoms with van der Waals surface area (Å²) in [4.78, 5) is 14.7. The summed E-state index contributed by atoms with van der Waals surface area (Å²) in [6.45, 7) is 6.58. The second kappa shape index (κ2) is 21.1. The molecule has 10 fully saturated rings. The Morgan fingerprint density at radius 2 is 1.22 bits per heavy atom. The molecule has 1 spiro atoms. The van der Waals surface area contributed by atoms with Crippen molar-refractivity contribution in [2.45, 2.75) is 220 Å². The Labute approximate surface area is 423 Å². The van der Waals surface area contributed by atoms with Crippen molar-refractivity contribution in [3.63, 3.8) is 0 Å². The van der Waals surface area contributed by atoms with Crippen molar-refractivity contribution in [3.8, 4) is 0 Å². The Balaban J connectivity index is 0.820. The summed E-state index contributed by atoms with van der Waals surface area (Å²) >= 11 is 0. The van der Waals surface area contributed by atoms with Gasteiger partial charge in [0.25, 0.3) is 0 Å². The maximum absolute atomic E-state index is 14.7. The lowest BCUT2D eigenvalue weighted by Crippen LogP contribution is -2.68. The molecule has 6 saturated heterocycles. The quantitative estimate of drug-likeness (QED) is 0.0913. The minimum atomic E-state index is -2.01. The first-order valence-corrected chi connectivity index (χ1v) is 26.7. The molecule has 0 aromatic carbocycles. The van der Waals surface area contributed by atoms with Crippen LogP contribution in [0.2, 0.25) is 0 Å². The van der Waals surface area contributed by atoms with Gasteiger partial charge in [0.1, 0.15) is 97.3 Å². The van der Waals surface area contributed by atoms with Crippen LogP contribution in [0.4, 0.5) is 0 Å². The Kier molecular flexibility index (Phi) is 15.9. The molecule has 10 rings (SSSR count). The largest absolute Gasteiger partial charge is 0.394 e. The standard InChI is InChI=1S/C50H80O23/c1-19-7-10-50(65-17-19)20(2)32-27(73-50)12-25-23-6-5-21-11-22(8-9-48(21,3)24(23)13-31(55)49(25,32)4)66-45-40(63)37(60)41(30(16-53)69-45)70-47-43(72-46-39(62)36(59)34(57)28(14-51)67-46)42(35(58)29(15-52)68-47)71-44-38(61)33(56)26(54)18-64-44/h19-30,32-47,51-54,56-63H,5-18H2,1-4H3/t19?,20-,21-,22-,23+,24-,25-,26+,27-,28+,29+,30+,32-,33?,34-,35+,36-,37+,38+,39+,40+,41-,42-,43+,44-,45+,46-,47-,48-,49+,50+/m1/s1. The molecule has 2 unspecified atom stereocenters. The van der Waals surface area contributed by atoms with E-state index in [9.17, 15) is 66.1 Å². The second-order valence-electron chi connectivity index (χ2n) is 23.7. The third kappa shape index (κ3) is 9.30. The van der Waals surface area contributed by atoms with Crippen molar-refractivity contribution in [2.75, 3.05) is 33.0 Å². The molecule has 23 heteroatoms. The molecule has 0 aromatic rings. The van der Waals surface area contributed by atoms with Crippen LogP contribution in [0.25, 0.3) is 0 Å². The summed E-state index contributed by atoms with van der Waals surface area (Å²) in [6.07, 6.45) is -26.6. The van der Waals surface area contributed by atoms with Crippen molar-refractivity contribution in [1.82, 2.24) is 0 Å². The van der Waals surface area contributed by atoms with Gasteiger partial charge >= 0.3 is 0 Å². The predicted molar refractivity (Wildman–Crippen MR) is 243 cm³/mol. The van der Waals surface area contributed by atoms with Gasteiger partial charge in [-0.15, -0.1) is 0 Å². The fourth-order valence-corrected chi connectivity index (χ4v) is 15.6. The highest BCUT2D eigenvalue weighted by molar-refractivity contribution is 5.87. The summed E-state index contributed by atoms with van der Waals surface area (Å²) in [6, 6.07) is 0. The molecule has 31 atom stereocenters. The van der Waals surface area contributed by atoms with E-state index in [0.717, 1.165) is 38.5 Å². The van der Waals surface area contributed by atoms with Crippen molar-refractivity contribution in [1.29, 1.82) is 0 Å². The van der Waals surface area contributed by atoms with Crippen LogP contribution >= 0.6 is 0 Å². The molecular weight excluding hydrogens is 969 g/mol. The molecule has 23 nitrogen and oxygen atoms in total. The SMILES string of the molecule is CC1CC[C@]2(OC1)O[C@@H]1C[C@@H]3[C@H]4CC[C@@H]5C[C@H](O[C@H]6O[C@@H](CO)[C@@H](O[C@H]7O[C@@H](CO)[C@H](O)[C@@H](O[C@H]8OC[C@H](O)C(O)[C@@H]8O)[C@@H]7O[C@H]7O[C@@H](CO)[C@@H](O)[C@@H](O)[C@@H]7O)[C@@H](O)[C@@H]6O)CC[C@@]5(C)[C@@H]4CC(=O)[C@@]3(C)[C@@H]1[C@H]2C. The Morgan fingerprint density at radius 3 is 1.92 bits per heavy atom. The number of ketones is 1. The van der Waals surface area contributed by atoms with E-state index in [0.29, 0.717) is 43.5 Å². The first-order valence-electron chi connectivity index (χ1n) is 26.7. The van der Waals surface area contributed by atoms with Crippen molar-refractivity contribution >= 4 is 5.78 Å². The van der Waals surface area contributed by atoms with Crippen molar-refractivity contribution < 1.29 is 113 Å². The smallest absolute Gasteiger partial charge is 0.187 e. The first-order chi connectivity index (χ1) is 34.7. The maximum atomic E-state index is 14.7. The van der Waals surface area contributed by atoms with Crippen LogP contribution in [0.3, 0.4) is 0 Å². The molecule has 4 aliphatic carbocycles. The number of carbonyl (C=O) groups excluding carboxylic acids is 1. The summed E-state index contributed by atoms with van der Waals surface area (Å²) in [5.74, 6) is 1.40. The van der Waals surface area contributed by atoms with Crippen LogP contribution in [0, 0.1) is 52.3 Å². The van der Waals surface area contributed by atoms with Gasteiger partial charge in [0, 0.05) is 30.1 Å². The van der Waals surface area contributed by atoms with Crippen LogP contribution in [0.5, 0.6) is 0 Å². The molecule has 0 amide bonds. The molecule has 4 saturated carbocycles. The maximum Gasteiger partial charge on any atom is 0.187 e. The van der Waals surface area contributed by atoms with Crippen LogP contribution in [0.15, 0.2) is 0 Å². The van der Waals surface area contributed by atoms with E-state index >= 15 is 0 Å². The number of hydrogen-bond acceptors (Lipinski definition) is 23. The zero-order chi connectivity index (χ0) is 52.2. The van der Waals surface area contributed by atoms with Gasteiger partial charge in [-0.05, 0) is 80.0 Å². The van der Waals surface area contributed by atoms with Gasteiger partial charge in [-0.2, -0.15) is 0 Å². The third-order valence-electron chi connectivity index (χ3n) is 19.9. The topological polar surface area (TPSA) is 352 Å². The molecule has 418 valence electrons. The van der Waals surface area contributed by atoms with E-state index in [1.54, 1.807) is 0 Å². The van der Waals surface area contributed by atoms with Crippen LogP contribution in [0.1, 0.15) is 85.5 Å². The fourth-order valence-electron chi connectivity index (χ4n) is 15.6. The molecular formula is C50H80O23. The predicted octanol–water partition coefficient (Wildman–Crippen LogP) is -3.09. The van der Waals surface area contributed by atoms with E-state index in [1.807, 2.05) is 0 Å². The highest BCUT2D eigenvalue weighted by Crippen LogP contribution is 2.70. The number of hydrogen-bond donors (Lipinski definition) is 12. The number of carbonyl (C=O) groups is 1. The number of ether oxygens (including phenoxy) is 10. The second-order valence-corrected chi connectivity index (χ2v) is 23.7. The van der Waals surface area contributed by atoms with Gasteiger partial charge in [0.2, 0.25) is 0 Å². The number of Topliss-reactive ketones (excluding diaryl/α,β-unsaturated/α-hetero) is 1. The minimum absolute atomic E-state index is 0.0117. The zero-order valence-corrected chi connectivity index (χ0v) is 41.9. The normalized spacial score (nSPS) is 57.2. The van der Waals surface area contributed by atoms with E-state index < -0.39 is 160 Å². The summed E-state index contributed by atoms with van der Waals surface area (Å²) in [5, 5.41) is 129. The van der Waals surface area contributed by atoms with Gasteiger partial charge in [-0.1, -0.05) is 27.7 Å². The van der Waals surface area contributed by atoms with E-state index in [1.165, 1.54) is 0 Å². The molecule has 10 aliphatic rings. The molecule has 73 heavy (non-hydrogen) atoms. The summed E-state index contributed by atoms with van der Waals surface area (Å²) in [7, 11) is 0. The number of fused-ring (bicyclic) bond motifs is 7.